The molecule has 0 aromatic carbocycles. The van der Waals surface area contributed by atoms with Crippen molar-refractivity contribution in [3.63, 3.8) is 0 Å². The second-order valence-electron chi connectivity index (χ2n) is 23.2. The van der Waals surface area contributed by atoms with E-state index in [1.54, 1.807) is 14.0 Å². The molecule has 5 saturated heterocycles. The average molecular weight is 1050 g/mol. The third-order valence-corrected chi connectivity index (χ3v) is 19.2. The topological polar surface area (TPSA) is 335 Å². The van der Waals surface area contributed by atoms with Gasteiger partial charge >= 0.3 is 0 Å². The number of ether oxygens (including phenoxy) is 10. The number of aliphatic hydroxyl groups excluding tert-OH is 12. The molecule has 9 rings (SSSR count). The van der Waals surface area contributed by atoms with Gasteiger partial charge < -0.3 is 109 Å². The van der Waals surface area contributed by atoms with Crippen LogP contribution in [0.1, 0.15) is 86.0 Å². The quantitative estimate of drug-likeness (QED) is 0.0855. The molecule has 0 aromatic heterocycles. The van der Waals surface area contributed by atoms with Gasteiger partial charge in [-0.1, -0.05) is 44.6 Å². The van der Waals surface area contributed by atoms with Gasteiger partial charge in [0, 0.05) is 31.3 Å². The van der Waals surface area contributed by atoms with Crippen molar-refractivity contribution < 1.29 is 109 Å². The molecular weight excluding hydrogens is 965 g/mol. The fourth-order valence-corrected chi connectivity index (χ4v) is 14.9. The first kappa shape index (κ1) is 56.3. The predicted molar refractivity (Wildman–Crippen MR) is 249 cm³/mol. The molecule has 12 N–H and O–H groups in total. The minimum atomic E-state index is -1.77. The molecule has 5 heterocycles. The molecule has 9 aliphatic rings. The van der Waals surface area contributed by atoms with Gasteiger partial charge in [-0.15, -0.1) is 0 Å². The summed E-state index contributed by atoms with van der Waals surface area (Å²) in [5, 5.41) is 128. The Morgan fingerprint density at radius 1 is 0.726 bits per heavy atom. The van der Waals surface area contributed by atoms with Crippen LogP contribution in [0.5, 0.6) is 0 Å². The van der Waals surface area contributed by atoms with E-state index in [-0.39, 0.29) is 54.1 Å². The molecule has 0 unspecified atom stereocenters. The van der Waals surface area contributed by atoms with E-state index in [0.29, 0.717) is 24.8 Å². The van der Waals surface area contributed by atoms with Crippen molar-refractivity contribution in [1.29, 1.82) is 0 Å². The first-order valence-electron chi connectivity index (χ1n) is 26.3. The molecule has 0 amide bonds. The zero-order chi connectivity index (χ0) is 52.8. The minimum absolute atomic E-state index is 0.0126. The maximum atomic E-state index is 11.7. The summed E-state index contributed by atoms with van der Waals surface area (Å²) >= 11 is 0. The largest absolute Gasteiger partial charge is 0.394 e. The van der Waals surface area contributed by atoms with Crippen molar-refractivity contribution in [3.8, 4) is 0 Å². The zero-order valence-electron chi connectivity index (χ0n) is 42.6. The van der Waals surface area contributed by atoms with Crippen molar-refractivity contribution in [3.05, 3.63) is 23.8 Å². The molecule has 418 valence electrons. The summed E-state index contributed by atoms with van der Waals surface area (Å²) in [4.78, 5) is 0. The highest BCUT2D eigenvalue weighted by Gasteiger charge is 2.69. The highest BCUT2D eigenvalue weighted by molar-refractivity contribution is 5.29. The Balaban J connectivity index is 0.923. The molecule has 0 aromatic rings. The molecular formula is C51H82O22. The lowest BCUT2D eigenvalue weighted by Gasteiger charge is -2.60. The third-order valence-electron chi connectivity index (χ3n) is 19.2. The maximum absolute atomic E-state index is 11.7. The maximum Gasteiger partial charge on any atom is 0.187 e. The number of hydrogen-bond acceptors (Lipinski definition) is 22. The molecule has 0 spiro atoms. The van der Waals surface area contributed by atoms with E-state index in [2.05, 4.69) is 33.4 Å². The molecule has 0 bridgehead atoms. The average Bonchev–Trinajstić information content (AvgIpc) is 3.82. The normalized spacial score (nSPS) is 55.0. The molecule has 22 heteroatoms. The van der Waals surface area contributed by atoms with Gasteiger partial charge in [0.25, 0.3) is 0 Å². The minimum Gasteiger partial charge on any atom is -0.394 e. The fourth-order valence-electron chi connectivity index (χ4n) is 14.9. The second-order valence-corrected chi connectivity index (χ2v) is 23.2. The molecule has 0 radical (unpaired) electrons. The molecule has 4 aliphatic carbocycles. The Labute approximate surface area is 425 Å². The summed E-state index contributed by atoms with van der Waals surface area (Å²) in [7, 11) is 1.66. The van der Waals surface area contributed by atoms with Crippen LogP contribution in [0.4, 0.5) is 0 Å². The van der Waals surface area contributed by atoms with E-state index in [9.17, 15) is 61.3 Å². The van der Waals surface area contributed by atoms with Gasteiger partial charge in [-0.05, 0) is 81.5 Å². The van der Waals surface area contributed by atoms with Crippen LogP contribution in [0.2, 0.25) is 0 Å². The molecule has 8 fully saturated rings. The van der Waals surface area contributed by atoms with Crippen molar-refractivity contribution in [1.82, 2.24) is 0 Å². The molecule has 5 aliphatic heterocycles. The Morgan fingerprint density at radius 3 is 2.10 bits per heavy atom. The van der Waals surface area contributed by atoms with Crippen molar-refractivity contribution >= 4 is 0 Å². The highest BCUT2D eigenvalue weighted by atomic mass is 16.8. The lowest BCUT2D eigenvalue weighted by Crippen LogP contribution is -2.66. The number of allylic oxidation sites excluding steroid dienone is 1. The summed E-state index contributed by atoms with van der Waals surface area (Å²) < 4.78 is 62.2. The third kappa shape index (κ3) is 9.86. The standard InChI is InChI=1S/C51H82O22/c1-20(18-65-45-41(62)39(60)37(58)31(17-52)69-45)10-13-51(64-7)21(2)33-30(73-51)16-28-26-9-8-24-14-25(53)15-32(50(24,6)27(26)11-12-49(28,33)5)70-48-44(72-47-42(63)38(59)34(55)22(3)67-47)43(35(56)23(4)68-48)71-46-40(61)36(57)29(54)19-66-46/h8,21-23,25-48,52-63H,1,9-19H2,2-7H3/t21-,22-,23+,25+,26+,27-,28-,29+,30-,31+,32+,33-,34-,35-,36-,37+,38+,39-,40+,41+,42+,43-,44+,45+,46-,47-,48-,49-,50-,51-/m0/s1. The van der Waals surface area contributed by atoms with E-state index < -0.39 is 153 Å². The first-order chi connectivity index (χ1) is 34.5. The molecule has 3 saturated carbocycles. The van der Waals surface area contributed by atoms with Gasteiger partial charge in [0.15, 0.2) is 30.9 Å². The van der Waals surface area contributed by atoms with Crippen molar-refractivity contribution in [2.24, 2.45) is 40.4 Å². The summed E-state index contributed by atoms with van der Waals surface area (Å²) in [5.74, 6) is -0.229. The Bertz CT molecular complexity index is 1950. The lowest BCUT2D eigenvalue weighted by molar-refractivity contribution is -0.391. The number of aliphatic hydroxyl groups is 12. The van der Waals surface area contributed by atoms with Crippen molar-refractivity contribution in [2.75, 3.05) is 26.9 Å². The van der Waals surface area contributed by atoms with Gasteiger partial charge in [-0.3, -0.25) is 0 Å². The summed E-state index contributed by atoms with van der Waals surface area (Å²) in [6.07, 6.45) is -21.9. The van der Waals surface area contributed by atoms with Crippen LogP contribution in [-0.4, -0.2) is 229 Å². The number of methoxy groups -OCH3 is 1. The predicted octanol–water partition coefficient (Wildman–Crippen LogP) is -1.80. The SMILES string of the molecule is C=C(CC[C@]1(OC)O[C@H]2C[C@H]3[C@@H]4CC=C5C[C@@H](O)C[C@@H](O[C@@H]6O[C@H](C)[C@H](O)[C@H](O[C@@H]7OC[C@@H](O)[C@H](O)[C@H]7O)[C@H]6O[C@@H]6O[C@@H](C)[C@H](O)[C@@H](O)[C@H]6O)[C@]5(C)[C@H]4CC[C@]3(C)[C@H]2[C@@H]1C)CO[C@@H]1O[C@H](CO)[C@@H](O)[C@H](O)[C@H]1O. The number of rotatable bonds is 14. The van der Waals surface area contributed by atoms with Crippen LogP contribution < -0.4 is 0 Å². The highest BCUT2D eigenvalue weighted by Crippen LogP contribution is 2.70. The monoisotopic (exact) mass is 1050 g/mol. The lowest BCUT2D eigenvalue weighted by atomic mass is 9.46. The first-order valence-corrected chi connectivity index (χ1v) is 26.3. The van der Waals surface area contributed by atoms with E-state index in [1.165, 1.54) is 6.92 Å². The molecule has 73 heavy (non-hydrogen) atoms. The number of hydrogen-bond donors (Lipinski definition) is 12. The van der Waals surface area contributed by atoms with Gasteiger partial charge in [-0.2, -0.15) is 0 Å². The van der Waals surface area contributed by atoms with Crippen molar-refractivity contribution in [2.45, 2.75) is 227 Å². The van der Waals surface area contributed by atoms with Gasteiger partial charge in [0.2, 0.25) is 0 Å². The summed E-state index contributed by atoms with van der Waals surface area (Å²) in [6.45, 7) is 13.1. The van der Waals surface area contributed by atoms with Gasteiger partial charge in [-0.25, -0.2) is 0 Å². The zero-order valence-corrected chi connectivity index (χ0v) is 42.6. The second kappa shape index (κ2) is 21.7. The van der Waals surface area contributed by atoms with Crippen LogP contribution in [0.15, 0.2) is 23.8 Å². The van der Waals surface area contributed by atoms with E-state index in [1.807, 2.05) is 0 Å². The fraction of sp³-hybridized carbons (Fsp3) is 0.922. The van der Waals surface area contributed by atoms with E-state index >= 15 is 0 Å². The van der Waals surface area contributed by atoms with Crippen LogP contribution in [-0.2, 0) is 47.4 Å². The molecule has 22 nitrogen and oxygen atoms in total. The van der Waals surface area contributed by atoms with Crippen LogP contribution in [0.3, 0.4) is 0 Å². The van der Waals surface area contributed by atoms with Gasteiger partial charge in [0.05, 0.1) is 50.3 Å². The van der Waals surface area contributed by atoms with Crippen LogP contribution in [0.25, 0.3) is 0 Å². The molecule has 30 atom stereocenters. The summed E-state index contributed by atoms with van der Waals surface area (Å²) in [6, 6.07) is 0. The van der Waals surface area contributed by atoms with Gasteiger partial charge in [0.1, 0.15) is 79.4 Å². The van der Waals surface area contributed by atoms with Crippen LogP contribution >= 0.6 is 0 Å². The number of fused-ring (bicyclic) bond motifs is 7. The Kier molecular flexibility index (Phi) is 16.7. The van der Waals surface area contributed by atoms with Crippen LogP contribution in [0, 0.1) is 40.4 Å². The van der Waals surface area contributed by atoms with E-state index in [0.717, 1.165) is 31.3 Å². The smallest absolute Gasteiger partial charge is 0.187 e. The summed E-state index contributed by atoms with van der Waals surface area (Å²) in [5.41, 5.74) is 0.975. The van der Waals surface area contributed by atoms with E-state index in [4.69, 9.17) is 47.4 Å². The Morgan fingerprint density at radius 2 is 1.38 bits per heavy atom. The Hall–Kier alpha value is -1.40.